The fourth-order valence-electron chi connectivity index (χ4n) is 5.58. The fraction of sp³-hybridized carbons (Fsp3) is 0.577. The Labute approximate surface area is 200 Å². The molecule has 0 amide bonds. The number of aromatic amines is 1. The molecule has 0 radical (unpaired) electrons. The highest BCUT2D eigenvalue weighted by molar-refractivity contribution is 5.79. The highest BCUT2D eigenvalue weighted by atomic mass is 16.5. The Morgan fingerprint density at radius 2 is 1.91 bits per heavy atom. The Kier molecular flexibility index (Phi) is 6.70. The molecule has 2 N–H and O–H groups in total. The van der Waals surface area contributed by atoms with E-state index in [1.54, 1.807) is 7.11 Å². The van der Waals surface area contributed by atoms with Crippen LogP contribution < -0.4 is 15.6 Å². The van der Waals surface area contributed by atoms with Crippen molar-refractivity contribution < 1.29 is 4.74 Å². The van der Waals surface area contributed by atoms with Gasteiger partial charge in [-0.05, 0) is 70.4 Å². The number of rotatable bonds is 6. The monoisotopic (exact) mass is 464 g/mol. The molecule has 2 aromatic heterocycles. The van der Waals surface area contributed by atoms with Crippen LogP contribution in [0.15, 0.2) is 23.0 Å². The second-order valence-corrected chi connectivity index (χ2v) is 9.81. The molecule has 3 aromatic rings. The van der Waals surface area contributed by atoms with Gasteiger partial charge in [-0.1, -0.05) is 25.3 Å². The number of likely N-dealkylation sites (tertiary alicyclic amines) is 1. The first-order chi connectivity index (χ1) is 16.6. The topological polar surface area (TPSA) is 88.1 Å². The van der Waals surface area contributed by atoms with E-state index in [2.05, 4.69) is 27.3 Å². The fourth-order valence-corrected chi connectivity index (χ4v) is 5.58. The molecule has 1 aliphatic carbocycles. The van der Waals surface area contributed by atoms with Gasteiger partial charge in [0.2, 0.25) is 0 Å². The van der Waals surface area contributed by atoms with Crippen molar-refractivity contribution in [1.29, 1.82) is 0 Å². The molecule has 0 spiro atoms. The maximum Gasteiger partial charge on any atom is 0.277 e. The number of nitrogens with zero attached hydrogens (tertiary/aromatic N) is 4. The van der Waals surface area contributed by atoms with Crippen LogP contribution in [-0.2, 0) is 6.54 Å². The zero-order valence-electron chi connectivity index (χ0n) is 20.6. The highest BCUT2D eigenvalue weighted by Crippen LogP contribution is 2.32. The average Bonchev–Trinajstić information content (AvgIpc) is 3.22. The molecular weight excluding hydrogens is 428 g/mol. The molecule has 1 saturated heterocycles. The molecule has 0 atom stereocenters. The van der Waals surface area contributed by atoms with Crippen LogP contribution in [0.25, 0.3) is 22.4 Å². The number of H-pyrrole nitrogens is 1. The number of hydrogen-bond acceptors (Lipinski definition) is 6. The van der Waals surface area contributed by atoms with Gasteiger partial charge in [-0.2, -0.15) is 5.10 Å². The van der Waals surface area contributed by atoms with Gasteiger partial charge in [0, 0.05) is 12.6 Å². The number of methoxy groups -OCH3 is 1. The third-order valence-corrected chi connectivity index (χ3v) is 7.57. The van der Waals surface area contributed by atoms with E-state index in [9.17, 15) is 4.79 Å². The minimum absolute atomic E-state index is 0.135. The van der Waals surface area contributed by atoms with Crippen molar-refractivity contribution in [2.24, 2.45) is 0 Å². The quantitative estimate of drug-likeness (QED) is 0.577. The molecular formula is C26H36N6O2. The van der Waals surface area contributed by atoms with Crippen molar-refractivity contribution in [3.63, 3.8) is 0 Å². The average molecular weight is 465 g/mol. The standard InChI is InChI=1S/C26H36N6O2/c1-17-23-24(32(30-17)20-7-5-4-6-8-20)26(33)29-25(28-23)21-10-9-18(15-22(21)34-3)16-31-13-11-19(27-2)12-14-31/h9-10,15,19-20,27H,4-8,11-14,16H2,1-3H3,(H,28,29,33). The molecule has 2 fully saturated rings. The number of piperidine rings is 1. The summed E-state index contributed by atoms with van der Waals surface area (Å²) in [6.07, 6.45) is 8.11. The number of hydrogen-bond donors (Lipinski definition) is 2. The van der Waals surface area contributed by atoms with E-state index in [1.165, 1.54) is 37.7 Å². The third-order valence-electron chi connectivity index (χ3n) is 7.57. The molecule has 0 bridgehead atoms. The van der Waals surface area contributed by atoms with Crippen molar-refractivity contribution in [1.82, 2.24) is 30.0 Å². The van der Waals surface area contributed by atoms with E-state index < -0.39 is 0 Å². The van der Waals surface area contributed by atoms with Gasteiger partial charge in [-0.3, -0.25) is 14.4 Å². The van der Waals surface area contributed by atoms with Crippen LogP contribution in [0.2, 0.25) is 0 Å². The lowest BCUT2D eigenvalue weighted by atomic mass is 9.95. The summed E-state index contributed by atoms with van der Waals surface area (Å²) in [4.78, 5) is 23.6. The third kappa shape index (κ3) is 4.49. The van der Waals surface area contributed by atoms with Crippen LogP contribution in [0.1, 0.15) is 62.2 Å². The summed E-state index contributed by atoms with van der Waals surface area (Å²) in [5.74, 6) is 1.25. The van der Waals surface area contributed by atoms with Crippen molar-refractivity contribution in [2.75, 3.05) is 27.2 Å². The SMILES string of the molecule is CNC1CCN(Cc2ccc(-c3nc4c(C)nn(C5CCCCC5)c4c(=O)[nH]3)c(OC)c2)CC1. The number of ether oxygens (including phenoxy) is 1. The Hall–Kier alpha value is -2.71. The van der Waals surface area contributed by atoms with Crippen LogP contribution in [0.5, 0.6) is 5.75 Å². The summed E-state index contributed by atoms with van der Waals surface area (Å²) in [6, 6.07) is 7.11. The van der Waals surface area contributed by atoms with Gasteiger partial charge in [-0.25, -0.2) is 4.98 Å². The largest absolute Gasteiger partial charge is 0.496 e. The van der Waals surface area contributed by atoms with E-state index in [0.717, 1.165) is 49.5 Å². The Morgan fingerprint density at radius 3 is 2.62 bits per heavy atom. The van der Waals surface area contributed by atoms with Crippen LogP contribution in [-0.4, -0.2) is 57.9 Å². The molecule has 8 heteroatoms. The minimum Gasteiger partial charge on any atom is -0.496 e. The predicted octanol–water partition coefficient (Wildman–Crippen LogP) is 3.79. The molecule has 1 saturated carbocycles. The summed E-state index contributed by atoms with van der Waals surface area (Å²) in [7, 11) is 3.71. The smallest absolute Gasteiger partial charge is 0.277 e. The minimum atomic E-state index is -0.135. The zero-order chi connectivity index (χ0) is 23.7. The first-order valence-corrected chi connectivity index (χ1v) is 12.6. The molecule has 34 heavy (non-hydrogen) atoms. The van der Waals surface area contributed by atoms with E-state index in [1.807, 2.05) is 24.7 Å². The van der Waals surface area contributed by atoms with Crippen molar-refractivity contribution in [2.45, 2.75) is 70.5 Å². The predicted molar refractivity (Wildman–Crippen MR) is 134 cm³/mol. The summed E-state index contributed by atoms with van der Waals surface area (Å²) < 4.78 is 7.66. The van der Waals surface area contributed by atoms with Gasteiger partial charge in [0.1, 0.15) is 17.1 Å². The number of nitrogens with one attached hydrogen (secondary N) is 2. The Balaban J connectivity index is 1.44. The molecule has 5 rings (SSSR count). The maximum absolute atomic E-state index is 13.2. The molecule has 8 nitrogen and oxygen atoms in total. The highest BCUT2D eigenvalue weighted by Gasteiger charge is 2.23. The van der Waals surface area contributed by atoms with Crippen molar-refractivity contribution >= 4 is 11.0 Å². The molecule has 1 aromatic carbocycles. The van der Waals surface area contributed by atoms with Crippen molar-refractivity contribution in [3.05, 3.63) is 39.8 Å². The van der Waals surface area contributed by atoms with Gasteiger partial charge < -0.3 is 15.0 Å². The van der Waals surface area contributed by atoms with Gasteiger partial charge >= 0.3 is 0 Å². The molecule has 2 aliphatic rings. The lowest BCUT2D eigenvalue weighted by molar-refractivity contribution is 0.194. The summed E-state index contributed by atoms with van der Waals surface area (Å²) in [5.41, 5.74) is 3.94. The molecule has 3 heterocycles. The zero-order valence-corrected chi connectivity index (χ0v) is 20.6. The Bertz CT molecular complexity index is 1200. The normalized spacial score (nSPS) is 18.6. The number of aryl methyl sites for hydroxylation is 1. The first-order valence-electron chi connectivity index (χ1n) is 12.6. The summed E-state index contributed by atoms with van der Waals surface area (Å²) in [5, 5.41) is 8.12. The van der Waals surface area contributed by atoms with Crippen LogP contribution in [0, 0.1) is 6.92 Å². The van der Waals surface area contributed by atoms with Crippen LogP contribution in [0.3, 0.4) is 0 Å². The molecule has 182 valence electrons. The molecule has 0 unspecified atom stereocenters. The Morgan fingerprint density at radius 1 is 1.15 bits per heavy atom. The maximum atomic E-state index is 13.2. The van der Waals surface area contributed by atoms with Gasteiger partial charge in [0.25, 0.3) is 5.56 Å². The van der Waals surface area contributed by atoms with Gasteiger partial charge in [0.05, 0.1) is 24.4 Å². The van der Waals surface area contributed by atoms with Crippen molar-refractivity contribution in [3.8, 4) is 17.1 Å². The van der Waals surface area contributed by atoms with E-state index in [0.29, 0.717) is 22.9 Å². The lowest BCUT2D eigenvalue weighted by Crippen LogP contribution is -2.40. The lowest BCUT2D eigenvalue weighted by Gasteiger charge is -2.31. The van der Waals surface area contributed by atoms with E-state index >= 15 is 0 Å². The first kappa shape index (κ1) is 23.1. The number of aromatic nitrogens is 4. The van der Waals surface area contributed by atoms with Crippen LogP contribution in [0.4, 0.5) is 0 Å². The second kappa shape index (κ2) is 9.88. The number of benzene rings is 1. The summed E-state index contributed by atoms with van der Waals surface area (Å²) in [6.45, 7) is 5.01. The summed E-state index contributed by atoms with van der Waals surface area (Å²) >= 11 is 0. The van der Waals surface area contributed by atoms with Crippen LogP contribution >= 0.6 is 0 Å². The molecule has 1 aliphatic heterocycles. The van der Waals surface area contributed by atoms with E-state index in [4.69, 9.17) is 14.8 Å². The number of fused-ring (bicyclic) bond motifs is 1. The van der Waals surface area contributed by atoms with Gasteiger partial charge in [-0.15, -0.1) is 0 Å². The van der Waals surface area contributed by atoms with E-state index in [-0.39, 0.29) is 11.6 Å². The second-order valence-electron chi connectivity index (χ2n) is 9.81. The van der Waals surface area contributed by atoms with Gasteiger partial charge in [0.15, 0.2) is 5.52 Å².